The molecule has 0 amide bonds. The van der Waals surface area contributed by atoms with Crippen LogP contribution in [-0.4, -0.2) is 54.3 Å². The smallest absolute Gasteiger partial charge is 0.436 e. The zero-order chi connectivity index (χ0) is 33.3. The highest BCUT2D eigenvalue weighted by Gasteiger charge is 2.35. The van der Waals surface area contributed by atoms with Crippen molar-refractivity contribution in [1.29, 1.82) is 0 Å². The summed E-state index contributed by atoms with van der Waals surface area (Å²) in [6, 6.07) is 7.26. The first-order valence-electron chi connectivity index (χ1n) is 12.9. The molecular formula is C28H19ClF7N6O4+. The van der Waals surface area contributed by atoms with E-state index in [9.17, 15) is 36.3 Å². The van der Waals surface area contributed by atoms with E-state index in [4.69, 9.17) is 16.7 Å². The van der Waals surface area contributed by atoms with Gasteiger partial charge >= 0.3 is 18.8 Å². The monoisotopic (exact) mass is 671 g/mol. The number of benzene rings is 2. The molecule has 0 aliphatic carbocycles. The summed E-state index contributed by atoms with van der Waals surface area (Å²) in [4.78, 5) is 11.2. The predicted octanol–water partition coefficient (Wildman–Crippen LogP) is 6.19. The third-order valence-corrected chi connectivity index (χ3v) is 7.07. The number of alkyl halides is 5. The summed E-state index contributed by atoms with van der Waals surface area (Å²) in [6.07, 6.45) is -0.761. The van der Waals surface area contributed by atoms with Crippen LogP contribution in [0.25, 0.3) is 27.9 Å². The molecule has 0 aliphatic heterocycles. The zero-order valence-electron chi connectivity index (χ0n) is 22.8. The lowest BCUT2D eigenvalue weighted by Gasteiger charge is -2.15. The van der Waals surface area contributed by atoms with E-state index in [2.05, 4.69) is 20.1 Å². The van der Waals surface area contributed by atoms with Crippen molar-refractivity contribution in [3.8, 4) is 27.9 Å². The highest BCUT2D eigenvalue weighted by atomic mass is 35.5. The van der Waals surface area contributed by atoms with E-state index in [1.54, 1.807) is 0 Å². The molecule has 0 radical (unpaired) electrons. The summed E-state index contributed by atoms with van der Waals surface area (Å²) >= 11 is 5.96. The minimum absolute atomic E-state index is 0.0211. The molecule has 240 valence electrons. The Balaban J connectivity index is 1.54. The Morgan fingerprint density at radius 1 is 1.04 bits per heavy atom. The number of carboxylic acids is 1. The summed E-state index contributed by atoms with van der Waals surface area (Å²) in [5, 5.41) is 30.4. The number of aromatic nitrogens is 6. The van der Waals surface area contributed by atoms with E-state index in [-0.39, 0.29) is 39.5 Å². The molecule has 5 aromatic rings. The second-order valence-corrected chi connectivity index (χ2v) is 10.0. The van der Waals surface area contributed by atoms with Crippen LogP contribution >= 0.6 is 11.6 Å². The number of aromatic carboxylic acids is 1. The third-order valence-electron chi connectivity index (χ3n) is 6.78. The average Bonchev–Trinajstić information content (AvgIpc) is 3.68. The molecule has 2 aromatic carbocycles. The van der Waals surface area contributed by atoms with E-state index in [1.165, 1.54) is 41.3 Å². The van der Waals surface area contributed by atoms with Gasteiger partial charge in [0.25, 0.3) is 5.69 Å². The summed E-state index contributed by atoms with van der Waals surface area (Å²) in [7, 11) is 0. The summed E-state index contributed by atoms with van der Waals surface area (Å²) in [5.41, 5.74) is -1.92. The van der Waals surface area contributed by atoms with Crippen LogP contribution in [0.4, 0.5) is 30.7 Å². The quantitative estimate of drug-likeness (QED) is 0.103. The maximum atomic E-state index is 15.4. The maximum Gasteiger partial charge on any atom is 0.436 e. The number of hydrogen-bond acceptors (Lipinski definition) is 6. The van der Waals surface area contributed by atoms with Crippen molar-refractivity contribution in [3.05, 3.63) is 101 Å². The largest absolute Gasteiger partial charge is 0.478 e. The van der Waals surface area contributed by atoms with E-state index >= 15 is 4.39 Å². The van der Waals surface area contributed by atoms with Crippen molar-refractivity contribution in [2.75, 3.05) is 6.61 Å². The van der Waals surface area contributed by atoms with Crippen LogP contribution in [0.5, 0.6) is 0 Å². The van der Waals surface area contributed by atoms with Crippen LogP contribution in [0.3, 0.4) is 0 Å². The van der Waals surface area contributed by atoms with Crippen molar-refractivity contribution in [3.63, 3.8) is 0 Å². The Kier molecular flexibility index (Phi) is 8.98. The molecule has 0 saturated carbocycles. The topological polar surface area (TPSA) is 119 Å². The average molecular weight is 672 g/mol. The molecule has 1 atom stereocenters. The van der Waals surface area contributed by atoms with Gasteiger partial charge in [0.15, 0.2) is 11.5 Å². The van der Waals surface area contributed by atoms with E-state index in [0.717, 1.165) is 24.4 Å². The van der Waals surface area contributed by atoms with Gasteiger partial charge in [0.2, 0.25) is 6.20 Å². The van der Waals surface area contributed by atoms with Crippen molar-refractivity contribution in [2.24, 2.45) is 0 Å². The van der Waals surface area contributed by atoms with Crippen LogP contribution in [0.15, 0.2) is 67.3 Å². The number of carbonyl (C=O) groups is 1. The van der Waals surface area contributed by atoms with Gasteiger partial charge in [-0.05, 0) is 35.9 Å². The van der Waals surface area contributed by atoms with Crippen LogP contribution in [-0.2, 0) is 10.9 Å². The molecule has 3 aromatic heterocycles. The zero-order valence-corrected chi connectivity index (χ0v) is 23.6. The number of pyridine rings is 1. The predicted molar refractivity (Wildman–Crippen MR) is 143 cm³/mol. The first-order chi connectivity index (χ1) is 21.7. The van der Waals surface area contributed by atoms with Crippen LogP contribution in [0.1, 0.15) is 34.2 Å². The number of rotatable bonds is 10. The number of hydrogen-bond donors (Lipinski definition) is 2. The fourth-order valence-electron chi connectivity index (χ4n) is 4.64. The molecule has 18 heteroatoms. The summed E-state index contributed by atoms with van der Waals surface area (Å²) in [5.74, 6) is -3.51. The standard InChI is InChI=1S/C28H18ClF7N6O4/c29-18-4-6-22(41-13-23(38-39-41)28(34,35)36)24(25(18)31)15-2-5-21(42(45)12-15)20(7-8-46-27(32)33)40-11-16(10-37-40)14-1-3-17(26(43)44)19(30)9-14/h1-6,9-13,20,27H,7-8H2,(H-,43,44,45)/p+1/t20-/m1/s1. The Morgan fingerprint density at radius 2 is 1.78 bits per heavy atom. The van der Waals surface area contributed by atoms with E-state index in [0.29, 0.717) is 21.2 Å². The molecule has 0 saturated heterocycles. The van der Waals surface area contributed by atoms with Gasteiger partial charge in [0.1, 0.15) is 11.9 Å². The molecule has 0 fully saturated rings. The molecular weight excluding hydrogens is 653 g/mol. The fraction of sp³-hybridized carbons (Fsp3) is 0.179. The van der Waals surface area contributed by atoms with Crippen molar-refractivity contribution in [2.45, 2.75) is 25.3 Å². The molecule has 0 unspecified atom stereocenters. The van der Waals surface area contributed by atoms with Gasteiger partial charge in [-0.2, -0.15) is 27.1 Å². The van der Waals surface area contributed by atoms with Crippen molar-refractivity contribution >= 4 is 17.6 Å². The maximum absolute atomic E-state index is 15.4. The lowest BCUT2D eigenvalue weighted by atomic mass is 10.0. The van der Waals surface area contributed by atoms with E-state index < -0.39 is 54.3 Å². The minimum atomic E-state index is -4.83. The lowest BCUT2D eigenvalue weighted by Crippen LogP contribution is -2.38. The van der Waals surface area contributed by atoms with Gasteiger partial charge in [-0.1, -0.05) is 22.9 Å². The molecule has 2 N–H and O–H groups in total. The summed E-state index contributed by atoms with van der Waals surface area (Å²) in [6.45, 7) is -3.62. The summed E-state index contributed by atoms with van der Waals surface area (Å²) < 4.78 is 102. The van der Waals surface area contributed by atoms with E-state index in [1.807, 2.05) is 0 Å². The number of ether oxygens (including phenoxy) is 1. The van der Waals surface area contributed by atoms with Gasteiger partial charge in [-0.15, -0.1) is 5.10 Å². The van der Waals surface area contributed by atoms with Crippen LogP contribution in [0, 0.1) is 11.6 Å². The Morgan fingerprint density at radius 3 is 2.41 bits per heavy atom. The van der Waals surface area contributed by atoms with Crippen molar-refractivity contribution in [1.82, 2.24) is 24.8 Å². The normalized spacial score (nSPS) is 12.5. The lowest BCUT2D eigenvalue weighted by molar-refractivity contribution is -0.910. The molecule has 3 heterocycles. The highest BCUT2D eigenvalue weighted by molar-refractivity contribution is 6.31. The Labute approximate surface area is 258 Å². The number of carboxylic acid groups (broad SMARTS) is 1. The van der Waals surface area contributed by atoms with Gasteiger partial charge in [-0.3, -0.25) is 9.89 Å². The van der Waals surface area contributed by atoms with Crippen molar-refractivity contribution < 1.29 is 55.3 Å². The van der Waals surface area contributed by atoms with Gasteiger partial charge < -0.3 is 9.84 Å². The third kappa shape index (κ3) is 6.64. The number of nitrogens with zero attached hydrogens (tertiary/aromatic N) is 6. The molecule has 10 nitrogen and oxygen atoms in total. The van der Waals surface area contributed by atoms with Crippen LogP contribution < -0.4 is 4.73 Å². The molecule has 5 rings (SSSR count). The molecule has 46 heavy (non-hydrogen) atoms. The minimum Gasteiger partial charge on any atom is -0.478 e. The van der Waals surface area contributed by atoms with Crippen LogP contribution in [0.2, 0.25) is 5.02 Å². The Bertz CT molecular complexity index is 1910. The molecule has 0 bridgehead atoms. The van der Waals surface area contributed by atoms with Gasteiger partial charge in [0, 0.05) is 29.0 Å². The highest BCUT2D eigenvalue weighted by Crippen LogP contribution is 2.35. The molecule has 0 spiro atoms. The fourth-order valence-corrected chi connectivity index (χ4v) is 4.80. The first kappa shape index (κ1) is 32.4. The van der Waals surface area contributed by atoms with Gasteiger partial charge in [-0.25, -0.2) is 18.3 Å². The Hall–Kier alpha value is -5.03. The second-order valence-electron chi connectivity index (χ2n) is 9.63. The molecule has 0 aliphatic rings. The first-order valence-corrected chi connectivity index (χ1v) is 13.3. The SMILES string of the molecule is O=C(O)c1ccc(-c2cnn([C@H](CCOC(F)F)c3ccc(-c4c(-n5cc(C(F)(F)F)nn5)ccc(Cl)c4F)c[n+]3O)c2)cc1F. The second kappa shape index (κ2) is 12.8. The number of halogens is 8. The van der Waals surface area contributed by atoms with Gasteiger partial charge in [0.05, 0.1) is 46.4 Å².